The van der Waals surface area contributed by atoms with Crippen molar-refractivity contribution in [2.75, 3.05) is 5.32 Å². The van der Waals surface area contributed by atoms with E-state index in [0.717, 1.165) is 10.3 Å². The van der Waals surface area contributed by atoms with Gasteiger partial charge in [0.2, 0.25) is 5.91 Å². The number of para-hydroxylation sites is 2. The van der Waals surface area contributed by atoms with Crippen LogP contribution in [0.2, 0.25) is 0 Å². The minimum Gasteiger partial charge on any atom is -0.321 e. The number of aryl methyl sites for hydroxylation is 1. The van der Waals surface area contributed by atoms with E-state index in [4.69, 9.17) is 0 Å². The molecule has 26 heavy (non-hydrogen) atoms. The first-order valence-corrected chi connectivity index (χ1v) is 7.80. The lowest BCUT2D eigenvalue weighted by atomic mass is 10.2. The molecule has 0 aliphatic carbocycles. The van der Waals surface area contributed by atoms with E-state index in [9.17, 15) is 14.4 Å². The fourth-order valence-electron chi connectivity index (χ4n) is 2.50. The predicted molar refractivity (Wildman–Crippen MR) is 98.2 cm³/mol. The number of hydrogen-bond acceptors (Lipinski definition) is 4. The highest BCUT2D eigenvalue weighted by atomic mass is 16.2. The predicted octanol–water partition coefficient (Wildman–Crippen LogP) is 0.922. The molecule has 0 saturated heterocycles. The third kappa shape index (κ3) is 3.39. The maximum atomic E-state index is 12.3. The molecule has 0 aliphatic rings. The van der Waals surface area contributed by atoms with E-state index in [1.54, 1.807) is 36.4 Å². The van der Waals surface area contributed by atoms with Crippen molar-refractivity contribution in [3.05, 3.63) is 81.7 Å². The van der Waals surface area contributed by atoms with E-state index in [-0.39, 0.29) is 5.56 Å². The number of imidazole rings is 1. The van der Waals surface area contributed by atoms with Gasteiger partial charge in [0.15, 0.2) is 0 Å². The molecule has 0 bridgehead atoms. The highest BCUT2D eigenvalue weighted by Gasteiger charge is 2.07. The van der Waals surface area contributed by atoms with Crippen molar-refractivity contribution in [2.24, 2.45) is 14.1 Å². The van der Waals surface area contributed by atoms with E-state index in [1.807, 2.05) is 18.2 Å². The van der Waals surface area contributed by atoms with E-state index in [2.05, 4.69) is 10.3 Å². The number of rotatable bonds is 4. The Hall–Kier alpha value is -3.68. The van der Waals surface area contributed by atoms with Crippen LogP contribution < -0.4 is 16.6 Å². The zero-order chi connectivity index (χ0) is 18.7. The highest BCUT2D eigenvalue weighted by Crippen LogP contribution is 2.19. The molecular weight excluding hydrogens is 334 g/mol. The number of anilines is 1. The lowest BCUT2D eigenvalue weighted by molar-refractivity contribution is -0.111. The Morgan fingerprint density at radius 1 is 1.19 bits per heavy atom. The maximum Gasteiger partial charge on any atom is 0.330 e. The number of nitrogens with zero attached hydrogens (tertiary/aromatic N) is 4. The lowest BCUT2D eigenvalue weighted by Crippen LogP contribution is -2.37. The zero-order valence-electron chi connectivity index (χ0n) is 14.3. The molecule has 3 rings (SSSR count). The highest BCUT2D eigenvalue weighted by molar-refractivity contribution is 6.03. The summed E-state index contributed by atoms with van der Waals surface area (Å²) in [4.78, 5) is 40.0. The summed E-state index contributed by atoms with van der Waals surface area (Å²) in [6, 6.07) is 7.29. The van der Waals surface area contributed by atoms with Crippen molar-refractivity contribution in [3.8, 4) is 5.69 Å². The molecule has 0 fully saturated rings. The van der Waals surface area contributed by atoms with Crippen LogP contribution in [0.15, 0.2) is 64.8 Å². The summed E-state index contributed by atoms with van der Waals surface area (Å²) in [5.74, 6) is -0.395. The Morgan fingerprint density at radius 2 is 1.96 bits per heavy atom. The monoisotopic (exact) mass is 351 g/mol. The number of carbonyl (C=O) groups is 1. The molecule has 2 heterocycles. The normalized spacial score (nSPS) is 11.0. The van der Waals surface area contributed by atoms with Gasteiger partial charge in [-0.2, -0.15) is 0 Å². The van der Waals surface area contributed by atoms with E-state index in [1.165, 1.54) is 30.0 Å². The largest absolute Gasteiger partial charge is 0.330 e. The molecule has 0 saturated carbocycles. The second-order valence-corrected chi connectivity index (χ2v) is 5.65. The van der Waals surface area contributed by atoms with E-state index >= 15 is 0 Å². The van der Waals surface area contributed by atoms with Crippen molar-refractivity contribution >= 4 is 17.7 Å². The first-order chi connectivity index (χ1) is 12.5. The third-order valence-electron chi connectivity index (χ3n) is 3.83. The van der Waals surface area contributed by atoms with Crippen molar-refractivity contribution in [1.82, 2.24) is 18.7 Å². The first-order valence-electron chi connectivity index (χ1n) is 7.80. The van der Waals surface area contributed by atoms with Crippen LogP contribution in [-0.4, -0.2) is 24.6 Å². The van der Waals surface area contributed by atoms with Gasteiger partial charge in [-0.3, -0.25) is 14.2 Å². The number of hydrogen-bond donors (Lipinski definition) is 1. The van der Waals surface area contributed by atoms with Gasteiger partial charge in [-0.05, 0) is 18.2 Å². The summed E-state index contributed by atoms with van der Waals surface area (Å²) in [5.41, 5.74) is 0.729. The van der Waals surface area contributed by atoms with Gasteiger partial charge in [0.05, 0.1) is 23.3 Å². The first kappa shape index (κ1) is 17.2. The molecule has 0 aliphatic heterocycles. The molecule has 0 unspecified atom stereocenters. The lowest BCUT2D eigenvalue weighted by Gasteiger charge is -2.10. The average Bonchev–Trinajstić information content (AvgIpc) is 3.17. The number of aromatic nitrogens is 4. The quantitative estimate of drug-likeness (QED) is 0.708. The molecule has 2 aromatic heterocycles. The Bertz CT molecular complexity index is 1090. The topological polar surface area (TPSA) is 90.9 Å². The Kier molecular flexibility index (Phi) is 4.66. The van der Waals surface area contributed by atoms with Crippen LogP contribution in [0.3, 0.4) is 0 Å². The number of carbonyl (C=O) groups excluding carboxylic acids is 1. The molecule has 1 N–H and O–H groups in total. The fraction of sp³-hybridized carbons (Fsp3) is 0.111. The molecule has 1 aromatic carbocycles. The minimum absolute atomic E-state index is 0.243. The number of nitrogens with one attached hydrogen (secondary N) is 1. The second kappa shape index (κ2) is 7.06. The Morgan fingerprint density at radius 3 is 2.69 bits per heavy atom. The van der Waals surface area contributed by atoms with Crippen LogP contribution in [0.25, 0.3) is 11.8 Å². The summed E-state index contributed by atoms with van der Waals surface area (Å²) in [6.07, 6.45) is 9.09. The zero-order valence-corrected chi connectivity index (χ0v) is 14.3. The van der Waals surface area contributed by atoms with Gasteiger partial charge in [-0.25, -0.2) is 9.78 Å². The number of benzene rings is 1. The fourth-order valence-corrected chi connectivity index (χ4v) is 2.50. The Labute approximate surface area is 148 Å². The van der Waals surface area contributed by atoms with Crippen LogP contribution in [0.4, 0.5) is 5.69 Å². The van der Waals surface area contributed by atoms with Gasteiger partial charge in [0.25, 0.3) is 5.56 Å². The van der Waals surface area contributed by atoms with Crippen LogP contribution in [-0.2, 0) is 18.9 Å². The molecule has 132 valence electrons. The molecule has 0 atom stereocenters. The third-order valence-corrected chi connectivity index (χ3v) is 3.83. The van der Waals surface area contributed by atoms with Crippen molar-refractivity contribution < 1.29 is 4.79 Å². The van der Waals surface area contributed by atoms with Gasteiger partial charge in [0, 0.05) is 38.8 Å². The van der Waals surface area contributed by atoms with Gasteiger partial charge in [-0.1, -0.05) is 12.1 Å². The minimum atomic E-state index is -0.462. The van der Waals surface area contributed by atoms with Crippen LogP contribution >= 0.6 is 0 Å². The summed E-state index contributed by atoms with van der Waals surface area (Å²) in [5, 5.41) is 2.78. The van der Waals surface area contributed by atoms with Crippen LogP contribution in [0, 0.1) is 0 Å². The van der Waals surface area contributed by atoms with Gasteiger partial charge >= 0.3 is 5.69 Å². The second-order valence-electron chi connectivity index (χ2n) is 5.65. The summed E-state index contributed by atoms with van der Waals surface area (Å²) < 4.78 is 4.06. The molecule has 0 radical (unpaired) electrons. The van der Waals surface area contributed by atoms with Gasteiger partial charge < -0.3 is 14.5 Å². The van der Waals surface area contributed by atoms with Crippen LogP contribution in [0.1, 0.15) is 5.56 Å². The van der Waals surface area contributed by atoms with Crippen LogP contribution in [0.5, 0.6) is 0 Å². The van der Waals surface area contributed by atoms with Gasteiger partial charge in [0.1, 0.15) is 0 Å². The smallest absolute Gasteiger partial charge is 0.321 e. The summed E-state index contributed by atoms with van der Waals surface area (Å²) in [7, 11) is 2.93. The molecule has 8 nitrogen and oxygen atoms in total. The Balaban J connectivity index is 1.84. The molecule has 0 spiro atoms. The molecular formula is C18H17N5O3. The summed E-state index contributed by atoms with van der Waals surface area (Å²) >= 11 is 0. The molecule has 8 heteroatoms. The number of amides is 1. The van der Waals surface area contributed by atoms with E-state index < -0.39 is 17.2 Å². The standard InChI is InChI=1S/C18H17N5O3/c1-21-11-13(17(25)22(2)18(21)26)7-8-16(24)20-14-5-3-4-6-15(14)23-10-9-19-12-23/h3-12H,1-2H3,(H,20,24)/b8-7+. The van der Waals surface area contributed by atoms with E-state index in [0.29, 0.717) is 5.69 Å². The maximum absolute atomic E-state index is 12.3. The van der Waals surface area contributed by atoms with Crippen molar-refractivity contribution in [3.63, 3.8) is 0 Å². The van der Waals surface area contributed by atoms with Gasteiger partial charge in [-0.15, -0.1) is 0 Å². The SMILES string of the molecule is Cn1cc(/C=C/C(=O)Nc2ccccc2-n2ccnc2)c(=O)n(C)c1=O. The molecule has 1 amide bonds. The molecule has 3 aromatic rings. The van der Waals surface area contributed by atoms with Crippen molar-refractivity contribution in [2.45, 2.75) is 0 Å². The average molecular weight is 351 g/mol. The van der Waals surface area contributed by atoms with Crippen molar-refractivity contribution in [1.29, 1.82) is 0 Å². The summed E-state index contributed by atoms with van der Waals surface area (Å²) in [6.45, 7) is 0.